The Balaban J connectivity index is 0.000000220. The van der Waals surface area contributed by atoms with E-state index in [-0.39, 0.29) is 20.6 Å². The van der Waals surface area contributed by atoms with Crippen LogP contribution in [0, 0.1) is 24.2 Å². The number of rotatable bonds is 7. The van der Waals surface area contributed by atoms with Crippen LogP contribution in [0.1, 0.15) is 48.2 Å². The van der Waals surface area contributed by atoms with E-state index < -0.39 is 17.4 Å². The van der Waals surface area contributed by atoms with Gasteiger partial charge in [-0.05, 0) is 68.6 Å². The molecule has 3 N–H and O–H groups in total. The molecule has 2 aromatic carbocycles. The fourth-order valence-electron chi connectivity index (χ4n) is 4.92. The highest BCUT2D eigenvalue weighted by Crippen LogP contribution is 2.32. The van der Waals surface area contributed by atoms with Gasteiger partial charge >= 0.3 is 5.97 Å². The molecule has 3 aromatic rings. The first-order valence-corrected chi connectivity index (χ1v) is 12.8. The lowest BCUT2D eigenvalue weighted by Crippen LogP contribution is -2.67. The molecule has 2 fully saturated rings. The predicted octanol–water partition coefficient (Wildman–Crippen LogP) is 4.52. The minimum Gasteiger partial charge on any atom is -0.496 e. The number of amides is 1. The standard InChI is InChI=1S/C18H23N3O.C11H11NO4.CH4/c1-13-11-17(22-2)16(15-4-8-20-18(13)15)12-21-9-5-14(3-7-19)6-10-21;13-9(8-4-2-1-3-5-8)12-11(10(14)15)6-16-7-11;/h4,8,11,14,20H,3,5-6,9-10,12H2,1-2H3;1-5H,6-7H2,(H,12,13)(H,14,15);1H4. The Bertz CT molecular complexity index is 1300. The lowest BCUT2D eigenvalue weighted by atomic mass is 9.93. The number of ether oxygens (including phenoxy) is 2. The van der Waals surface area contributed by atoms with Crippen LogP contribution in [0.25, 0.3) is 10.9 Å². The van der Waals surface area contributed by atoms with Gasteiger partial charge in [-0.15, -0.1) is 0 Å². The van der Waals surface area contributed by atoms with Crippen molar-refractivity contribution in [2.45, 2.75) is 45.7 Å². The average Bonchev–Trinajstić information content (AvgIpc) is 3.40. The van der Waals surface area contributed by atoms with E-state index in [9.17, 15) is 9.59 Å². The van der Waals surface area contributed by atoms with Crippen molar-refractivity contribution in [1.29, 1.82) is 5.26 Å². The molecule has 1 amide bonds. The van der Waals surface area contributed by atoms with E-state index in [1.165, 1.54) is 22.0 Å². The SMILES string of the molecule is C.COc1cc(C)c2[nH]ccc2c1CN1CCC(CC#N)CC1.O=C(NC1(C(=O)O)COC1)c1ccccc1. The fraction of sp³-hybridized carbons (Fsp3) is 0.433. The normalized spacial score (nSPS) is 16.5. The summed E-state index contributed by atoms with van der Waals surface area (Å²) in [5, 5.41) is 21.6. The quantitative estimate of drug-likeness (QED) is 0.407. The van der Waals surface area contributed by atoms with Crippen molar-refractivity contribution < 1.29 is 24.2 Å². The lowest BCUT2D eigenvalue weighted by Gasteiger charge is -2.37. The number of benzene rings is 2. The average molecular weight is 535 g/mol. The van der Waals surface area contributed by atoms with Crippen LogP contribution in [0.5, 0.6) is 5.75 Å². The van der Waals surface area contributed by atoms with Crippen molar-refractivity contribution in [2.75, 3.05) is 33.4 Å². The predicted molar refractivity (Wildman–Crippen MR) is 150 cm³/mol. The van der Waals surface area contributed by atoms with Gasteiger partial charge in [-0.25, -0.2) is 4.79 Å². The van der Waals surface area contributed by atoms with Gasteiger partial charge in [0.1, 0.15) is 5.75 Å². The van der Waals surface area contributed by atoms with Gasteiger partial charge in [-0.2, -0.15) is 5.26 Å². The molecule has 0 atom stereocenters. The molecule has 2 aliphatic rings. The molecule has 0 unspecified atom stereocenters. The monoisotopic (exact) mass is 534 g/mol. The van der Waals surface area contributed by atoms with Gasteiger partial charge < -0.3 is 24.9 Å². The Kier molecular flexibility index (Phi) is 10.1. The maximum absolute atomic E-state index is 11.7. The van der Waals surface area contributed by atoms with Crippen molar-refractivity contribution >= 4 is 22.8 Å². The third kappa shape index (κ3) is 6.77. The van der Waals surface area contributed by atoms with Gasteiger partial charge in [0.2, 0.25) is 0 Å². The highest BCUT2D eigenvalue weighted by atomic mass is 16.5. The lowest BCUT2D eigenvalue weighted by molar-refractivity contribution is -0.164. The second-order valence-corrected chi connectivity index (χ2v) is 9.92. The molecule has 9 heteroatoms. The molecular formula is C30H38N4O5. The number of piperidine rings is 1. The van der Waals surface area contributed by atoms with Crippen molar-refractivity contribution in [1.82, 2.24) is 15.2 Å². The Labute approximate surface area is 229 Å². The number of carbonyl (C=O) groups is 2. The second-order valence-electron chi connectivity index (χ2n) is 9.92. The highest BCUT2D eigenvalue weighted by Gasteiger charge is 2.47. The maximum atomic E-state index is 11.7. The van der Waals surface area contributed by atoms with Crippen LogP contribution in [0.3, 0.4) is 0 Å². The Morgan fingerprint density at radius 1 is 1.23 bits per heavy atom. The number of methoxy groups -OCH3 is 1. The number of H-pyrrole nitrogens is 1. The third-order valence-corrected chi connectivity index (χ3v) is 7.30. The third-order valence-electron chi connectivity index (χ3n) is 7.30. The number of aryl methyl sites for hydroxylation is 1. The van der Waals surface area contributed by atoms with Crippen molar-refractivity contribution in [3.8, 4) is 11.8 Å². The number of hydrogen-bond acceptors (Lipinski definition) is 6. The molecule has 9 nitrogen and oxygen atoms in total. The largest absolute Gasteiger partial charge is 0.496 e. The van der Waals surface area contributed by atoms with E-state index in [1.54, 1.807) is 37.4 Å². The minimum atomic E-state index is -1.26. The van der Waals surface area contributed by atoms with Gasteiger partial charge in [0.25, 0.3) is 5.91 Å². The number of likely N-dealkylation sites (tertiary alicyclic amines) is 1. The molecule has 0 aliphatic carbocycles. The Hall–Kier alpha value is -3.87. The van der Waals surface area contributed by atoms with Crippen LogP contribution in [0.2, 0.25) is 0 Å². The number of hydrogen-bond donors (Lipinski definition) is 3. The molecular weight excluding hydrogens is 496 g/mol. The summed E-state index contributed by atoms with van der Waals surface area (Å²) < 4.78 is 10.5. The van der Waals surface area contributed by atoms with Crippen LogP contribution in [0.15, 0.2) is 48.7 Å². The smallest absolute Gasteiger partial charge is 0.334 e. The van der Waals surface area contributed by atoms with E-state index >= 15 is 0 Å². The number of aromatic amines is 1. The molecule has 1 aromatic heterocycles. The van der Waals surface area contributed by atoms with E-state index in [4.69, 9.17) is 19.8 Å². The highest BCUT2D eigenvalue weighted by molar-refractivity contribution is 5.98. The summed E-state index contributed by atoms with van der Waals surface area (Å²) >= 11 is 0. The van der Waals surface area contributed by atoms with Gasteiger partial charge in [0.15, 0.2) is 5.54 Å². The van der Waals surface area contributed by atoms with E-state index in [2.05, 4.69) is 40.3 Å². The molecule has 0 radical (unpaired) electrons. The van der Waals surface area contributed by atoms with Gasteiger partial charge in [0, 0.05) is 41.2 Å². The van der Waals surface area contributed by atoms with Crippen molar-refractivity contribution in [3.05, 3.63) is 65.4 Å². The van der Waals surface area contributed by atoms with Crippen molar-refractivity contribution in [3.63, 3.8) is 0 Å². The maximum Gasteiger partial charge on any atom is 0.334 e. The van der Waals surface area contributed by atoms with Gasteiger partial charge in [-0.1, -0.05) is 25.6 Å². The molecule has 0 bridgehead atoms. The minimum absolute atomic E-state index is 0. The molecule has 39 heavy (non-hydrogen) atoms. The summed E-state index contributed by atoms with van der Waals surface area (Å²) in [5.41, 5.74) is 2.87. The van der Waals surface area contributed by atoms with Crippen LogP contribution in [-0.2, 0) is 16.1 Å². The summed E-state index contributed by atoms with van der Waals surface area (Å²) in [6.07, 6.45) is 4.94. The number of aliphatic carboxylic acids is 1. The molecule has 208 valence electrons. The van der Waals surface area contributed by atoms with Crippen LogP contribution >= 0.6 is 0 Å². The van der Waals surface area contributed by atoms with Crippen molar-refractivity contribution in [2.24, 2.45) is 5.92 Å². The van der Waals surface area contributed by atoms with Crippen LogP contribution in [0.4, 0.5) is 0 Å². The summed E-state index contributed by atoms with van der Waals surface area (Å²) in [4.78, 5) is 28.5. The molecule has 2 aliphatic heterocycles. The molecule has 2 saturated heterocycles. The van der Waals surface area contributed by atoms with Gasteiger partial charge in [-0.3, -0.25) is 9.69 Å². The number of carboxylic acid groups (broad SMARTS) is 1. The Morgan fingerprint density at radius 3 is 2.49 bits per heavy atom. The summed E-state index contributed by atoms with van der Waals surface area (Å²) in [7, 11) is 1.75. The summed E-state index contributed by atoms with van der Waals surface area (Å²) in [6, 6.07) is 15.1. The molecule has 3 heterocycles. The number of nitriles is 1. The number of carboxylic acids is 1. The summed E-state index contributed by atoms with van der Waals surface area (Å²) in [6.45, 7) is 5.18. The molecule has 0 saturated carbocycles. The zero-order chi connectivity index (χ0) is 27.1. The topological polar surface area (TPSA) is 128 Å². The number of carbonyl (C=O) groups excluding carboxylic acids is 1. The first-order chi connectivity index (χ1) is 18.4. The Morgan fingerprint density at radius 2 is 1.92 bits per heavy atom. The molecule has 0 spiro atoms. The van der Waals surface area contributed by atoms with Gasteiger partial charge in [0.05, 0.1) is 26.4 Å². The number of aromatic nitrogens is 1. The van der Waals surface area contributed by atoms with Crippen LogP contribution in [-0.4, -0.2) is 65.8 Å². The second kappa shape index (κ2) is 13.3. The zero-order valence-electron chi connectivity index (χ0n) is 21.8. The van der Waals surface area contributed by atoms with E-state index in [0.29, 0.717) is 17.9 Å². The number of nitrogens with one attached hydrogen (secondary N) is 2. The molecule has 5 rings (SSSR count). The first-order valence-electron chi connectivity index (χ1n) is 12.8. The van der Waals surface area contributed by atoms with E-state index in [1.807, 2.05) is 6.20 Å². The van der Waals surface area contributed by atoms with Crippen LogP contribution < -0.4 is 10.1 Å². The first kappa shape index (κ1) is 29.7. The summed E-state index contributed by atoms with van der Waals surface area (Å²) in [5.74, 6) is 0.0894. The zero-order valence-corrected chi connectivity index (χ0v) is 21.8. The fourth-order valence-corrected chi connectivity index (χ4v) is 4.92. The number of nitrogens with zero attached hydrogens (tertiary/aromatic N) is 2. The van der Waals surface area contributed by atoms with E-state index in [0.717, 1.165) is 38.2 Å². The number of fused-ring (bicyclic) bond motifs is 1.